The number of hydrogen-bond donors (Lipinski definition) is 2. The molecule has 0 aliphatic carbocycles. The monoisotopic (exact) mass is 234 g/mol. The van der Waals surface area contributed by atoms with E-state index in [4.69, 9.17) is 0 Å². The molecule has 0 saturated carbocycles. The van der Waals surface area contributed by atoms with Crippen molar-refractivity contribution >= 4 is 11.6 Å². The van der Waals surface area contributed by atoms with Crippen molar-refractivity contribution in [3.8, 4) is 0 Å². The topological polar surface area (TPSA) is 41.1 Å². The summed E-state index contributed by atoms with van der Waals surface area (Å²) >= 11 is 0. The van der Waals surface area contributed by atoms with Crippen LogP contribution in [0.3, 0.4) is 0 Å². The number of hydrogen-bond acceptors (Lipinski definition) is 2. The van der Waals surface area contributed by atoms with E-state index in [-0.39, 0.29) is 11.9 Å². The third-order valence-corrected chi connectivity index (χ3v) is 2.82. The average molecular weight is 234 g/mol. The molecule has 2 N–H and O–H groups in total. The van der Waals surface area contributed by atoms with E-state index in [9.17, 15) is 4.79 Å². The number of amides is 1. The molecule has 0 aliphatic heterocycles. The largest absolute Gasteiger partial charge is 0.324 e. The number of rotatable bonds is 5. The predicted molar refractivity (Wildman–Crippen MR) is 72.3 cm³/mol. The number of nitrogens with one attached hydrogen (secondary N) is 2. The minimum atomic E-state index is -0.158. The number of para-hydroxylation sites is 1. The summed E-state index contributed by atoms with van der Waals surface area (Å²) in [5.74, 6) is 0.0239. The van der Waals surface area contributed by atoms with E-state index in [0.717, 1.165) is 29.8 Å². The molecule has 3 nitrogen and oxygen atoms in total. The quantitative estimate of drug-likeness (QED) is 0.822. The zero-order chi connectivity index (χ0) is 12.8. The van der Waals surface area contributed by atoms with Gasteiger partial charge in [0.1, 0.15) is 0 Å². The predicted octanol–water partition coefficient (Wildman–Crippen LogP) is 2.63. The minimum absolute atomic E-state index is 0.0239. The summed E-state index contributed by atoms with van der Waals surface area (Å²) in [6.45, 7) is 8.85. The number of benzene rings is 1. The molecule has 1 unspecified atom stereocenters. The van der Waals surface area contributed by atoms with E-state index in [1.165, 1.54) is 0 Å². The van der Waals surface area contributed by atoms with Crippen molar-refractivity contribution in [3.05, 3.63) is 29.3 Å². The lowest BCUT2D eigenvalue weighted by molar-refractivity contribution is -0.117. The van der Waals surface area contributed by atoms with Crippen LogP contribution in [0.4, 0.5) is 5.69 Å². The molecule has 0 heterocycles. The number of aryl methyl sites for hydroxylation is 2. The third kappa shape index (κ3) is 3.86. The van der Waals surface area contributed by atoms with Gasteiger partial charge in [-0.25, -0.2) is 0 Å². The molecule has 1 aromatic carbocycles. The van der Waals surface area contributed by atoms with Crippen LogP contribution < -0.4 is 10.6 Å². The van der Waals surface area contributed by atoms with Crippen LogP contribution in [-0.2, 0) is 4.79 Å². The lowest BCUT2D eigenvalue weighted by Crippen LogP contribution is -2.38. The Kier molecular flexibility index (Phi) is 5.16. The molecule has 0 bridgehead atoms. The Morgan fingerprint density at radius 1 is 1.29 bits per heavy atom. The Hall–Kier alpha value is -1.35. The van der Waals surface area contributed by atoms with Crippen molar-refractivity contribution < 1.29 is 4.79 Å². The van der Waals surface area contributed by atoms with Crippen LogP contribution >= 0.6 is 0 Å². The highest BCUT2D eigenvalue weighted by Gasteiger charge is 2.13. The molecule has 1 atom stereocenters. The molecule has 0 saturated heterocycles. The lowest BCUT2D eigenvalue weighted by atomic mass is 10.1. The number of carbonyl (C=O) groups excluding carboxylic acids is 1. The molecule has 0 aromatic heterocycles. The smallest absolute Gasteiger partial charge is 0.241 e. The standard InChI is InChI=1S/C14H22N2O/c1-5-9-15-12(4)14(17)16-13-10(2)7-6-8-11(13)3/h6-8,12,15H,5,9H2,1-4H3,(H,16,17). The van der Waals surface area contributed by atoms with Crippen molar-refractivity contribution in [2.75, 3.05) is 11.9 Å². The van der Waals surface area contributed by atoms with Crippen LogP contribution in [0, 0.1) is 13.8 Å². The maximum absolute atomic E-state index is 11.9. The highest BCUT2D eigenvalue weighted by atomic mass is 16.2. The Balaban J connectivity index is 2.68. The van der Waals surface area contributed by atoms with Crippen LogP contribution in [-0.4, -0.2) is 18.5 Å². The maximum atomic E-state index is 11.9. The molecular formula is C14H22N2O. The molecule has 94 valence electrons. The molecule has 0 aliphatic rings. The van der Waals surface area contributed by atoms with Crippen molar-refractivity contribution in [2.24, 2.45) is 0 Å². The highest BCUT2D eigenvalue weighted by molar-refractivity contribution is 5.95. The zero-order valence-electron chi connectivity index (χ0n) is 11.1. The van der Waals surface area contributed by atoms with E-state index >= 15 is 0 Å². The van der Waals surface area contributed by atoms with Crippen LogP contribution in [0.25, 0.3) is 0 Å². The number of carbonyl (C=O) groups is 1. The SMILES string of the molecule is CCCNC(C)C(=O)Nc1c(C)cccc1C. The Bertz CT molecular complexity index is 368. The maximum Gasteiger partial charge on any atom is 0.241 e. The van der Waals surface area contributed by atoms with Crippen molar-refractivity contribution in [1.82, 2.24) is 5.32 Å². The van der Waals surface area contributed by atoms with Gasteiger partial charge in [-0.3, -0.25) is 4.79 Å². The third-order valence-electron chi connectivity index (χ3n) is 2.82. The molecule has 0 radical (unpaired) electrons. The van der Waals surface area contributed by atoms with Crippen LogP contribution in [0.5, 0.6) is 0 Å². The number of anilines is 1. The van der Waals surface area contributed by atoms with E-state index in [2.05, 4.69) is 17.6 Å². The molecule has 1 aromatic rings. The van der Waals surface area contributed by atoms with Gasteiger partial charge >= 0.3 is 0 Å². The van der Waals surface area contributed by atoms with Gasteiger partial charge in [0.15, 0.2) is 0 Å². The fraction of sp³-hybridized carbons (Fsp3) is 0.500. The molecule has 1 rings (SSSR count). The van der Waals surface area contributed by atoms with Crippen molar-refractivity contribution in [2.45, 2.75) is 40.2 Å². The first-order valence-corrected chi connectivity index (χ1v) is 6.16. The first-order chi connectivity index (χ1) is 8.06. The van der Waals surface area contributed by atoms with Crippen LogP contribution in [0.2, 0.25) is 0 Å². The van der Waals surface area contributed by atoms with E-state index in [1.807, 2.05) is 39.0 Å². The first kappa shape index (κ1) is 13.7. The van der Waals surface area contributed by atoms with E-state index in [1.54, 1.807) is 0 Å². The Labute approximate surface area is 104 Å². The molecular weight excluding hydrogens is 212 g/mol. The summed E-state index contributed by atoms with van der Waals surface area (Å²) in [6.07, 6.45) is 1.03. The summed E-state index contributed by atoms with van der Waals surface area (Å²) in [5, 5.41) is 6.16. The Morgan fingerprint density at radius 2 is 1.88 bits per heavy atom. The lowest BCUT2D eigenvalue weighted by Gasteiger charge is -2.16. The second kappa shape index (κ2) is 6.40. The van der Waals surface area contributed by atoms with Gasteiger partial charge in [0.05, 0.1) is 6.04 Å². The van der Waals surface area contributed by atoms with Gasteiger partial charge < -0.3 is 10.6 Å². The van der Waals surface area contributed by atoms with Crippen LogP contribution in [0.15, 0.2) is 18.2 Å². The fourth-order valence-electron chi connectivity index (χ4n) is 1.70. The highest BCUT2D eigenvalue weighted by Crippen LogP contribution is 2.19. The molecule has 1 amide bonds. The first-order valence-electron chi connectivity index (χ1n) is 6.16. The van der Waals surface area contributed by atoms with Crippen molar-refractivity contribution in [1.29, 1.82) is 0 Å². The summed E-state index contributed by atoms with van der Waals surface area (Å²) in [6, 6.07) is 5.85. The Morgan fingerprint density at radius 3 is 2.41 bits per heavy atom. The van der Waals surface area contributed by atoms with Gasteiger partial charge in [-0.15, -0.1) is 0 Å². The molecule has 0 spiro atoms. The average Bonchev–Trinajstić information content (AvgIpc) is 2.30. The summed E-state index contributed by atoms with van der Waals surface area (Å²) < 4.78 is 0. The second-order valence-electron chi connectivity index (χ2n) is 4.43. The van der Waals surface area contributed by atoms with E-state index < -0.39 is 0 Å². The van der Waals surface area contributed by atoms with E-state index in [0.29, 0.717) is 0 Å². The van der Waals surface area contributed by atoms with Gasteiger partial charge in [-0.05, 0) is 44.9 Å². The van der Waals surface area contributed by atoms with Crippen molar-refractivity contribution in [3.63, 3.8) is 0 Å². The normalized spacial score (nSPS) is 12.2. The zero-order valence-corrected chi connectivity index (χ0v) is 11.1. The molecule has 0 fully saturated rings. The molecule has 17 heavy (non-hydrogen) atoms. The second-order valence-corrected chi connectivity index (χ2v) is 4.43. The minimum Gasteiger partial charge on any atom is -0.324 e. The van der Waals surface area contributed by atoms with Gasteiger partial charge in [0.2, 0.25) is 5.91 Å². The van der Waals surface area contributed by atoms with Gasteiger partial charge in [0.25, 0.3) is 0 Å². The fourth-order valence-corrected chi connectivity index (χ4v) is 1.70. The van der Waals surface area contributed by atoms with Gasteiger partial charge in [0, 0.05) is 5.69 Å². The van der Waals surface area contributed by atoms with Gasteiger partial charge in [-0.1, -0.05) is 25.1 Å². The summed E-state index contributed by atoms with van der Waals surface area (Å²) in [5.41, 5.74) is 3.13. The molecule has 3 heteroatoms. The van der Waals surface area contributed by atoms with Gasteiger partial charge in [-0.2, -0.15) is 0 Å². The summed E-state index contributed by atoms with van der Waals surface area (Å²) in [7, 11) is 0. The summed E-state index contributed by atoms with van der Waals surface area (Å²) in [4.78, 5) is 11.9. The van der Waals surface area contributed by atoms with Crippen LogP contribution in [0.1, 0.15) is 31.4 Å².